The summed E-state index contributed by atoms with van der Waals surface area (Å²) in [6, 6.07) is 0.241. The fraction of sp³-hybridized carbons (Fsp3) is 0.600. The molecule has 0 aromatic carbocycles. The summed E-state index contributed by atoms with van der Waals surface area (Å²) >= 11 is 0. The first-order valence-electron chi connectivity index (χ1n) is 5.02. The second kappa shape index (κ2) is 3.34. The van der Waals surface area contributed by atoms with Gasteiger partial charge in [0.15, 0.2) is 0 Å². The first-order valence-corrected chi connectivity index (χ1v) is 5.02. The van der Waals surface area contributed by atoms with Crippen molar-refractivity contribution in [3.05, 3.63) is 12.4 Å². The number of nitrogens with two attached hydrogens (primary N) is 1. The number of anilines is 2. The van der Waals surface area contributed by atoms with E-state index in [-0.39, 0.29) is 17.6 Å². The number of aliphatic hydroxyl groups excluding tert-OH is 1. The van der Waals surface area contributed by atoms with Crippen LogP contribution >= 0.6 is 0 Å². The lowest BCUT2D eigenvalue weighted by atomic mass is 9.64. The number of aromatic nitrogens is 2. The van der Waals surface area contributed by atoms with E-state index >= 15 is 0 Å². The number of nitrogens with zero attached hydrogens (tertiary/aromatic N) is 2. The normalized spacial score (nSPS) is 28.2. The Hall–Kier alpha value is -1.36. The van der Waals surface area contributed by atoms with Crippen molar-refractivity contribution in [2.75, 3.05) is 11.1 Å². The zero-order valence-electron chi connectivity index (χ0n) is 8.94. The minimum Gasteiger partial charge on any atom is -0.392 e. The first-order chi connectivity index (χ1) is 7.00. The Bertz CT molecular complexity index is 349. The predicted molar refractivity (Wildman–Crippen MR) is 58.3 cm³/mol. The fourth-order valence-electron chi connectivity index (χ4n) is 1.74. The van der Waals surface area contributed by atoms with Crippen molar-refractivity contribution in [2.24, 2.45) is 5.41 Å². The largest absolute Gasteiger partial charge is 0.392 e. The van der Waals surface area contributed by atoms with Crippen LogP contribution in [0.3, 0.4) is 0 Å². The van der Waals surface area contributed by atoms with Crippen molar-refractivity contribution >= 4 is 11.6 Å². The van der Waals surface area contributed by atoms with Crippen LogP contribution in [0, 0.1) is 5.41 Å². The second-order valence-corrected chi connectivity index (χ2v) is 4.60. The maximum atomic E-state index is 9.57. The molecule has 1 aromatic rings. The van der Waals surface area contributed by atoms with Crippen molar-refractivity contribution in [2.45, 2.75) is 32.4 Å². The molecule has 2 atom stereocenters. The average molecular weight is 208 g/mol. The van der Waals surface area contributed by atoms with Gasteiger partial charge in [-0.1, -0.05) is 13.8 Å². The molecule has 1 fully saturated rings. The molecule has 0 amide bonds. The zero-order chi connectivity index (χ0) is 11.1. The van der Waals surface area contributed by atoms with Crippen LogP contribution in [0.5, 0.6) is 0 Å². The lowest BCUT2D eigenvalue weighted by Gasteiger charge is -2.49. The third kappa shape index (κ3) is 1.74. The van der Waals surface area contributed by atoms with Crippen LogP contribution in [-0.2, 0) is 0 Å². The third-order valence-electron chi connectivity index (χ3n) is 3.21. The van der Waals surface area contributed by atoms with Crippen molar-refractivity contribution < 1.29 is 5.11 Å². The van der Waals surface area contributed by atoms with Gasteiger partial charge in [-0.3, -0.25) is 0 Å². The van der Waals surface area contributed by atoms with Gasteiger partial charge in [0, 0.05) is 11.5 Å². The molecular weight excluding hydrogens is 192 g/mol. The topological polar surface area (TPSA) is 84.1 Å². The van der Waals surface area contributed by atoms with E-state index in [0.717, 1.165) is 6.42 Å². The highest BCUT2D eigenvalue weighted by Crippen LogP contribution is 2.41. The monoisotopic (exact) mass is 208 g/mol. The van der Waals surface area contributed by atoms with Gasteiger partial charge in [0.05, 0.1) is 18.5 Å². The molecule has 1 aromatic heterocycles. The molecule has 1 aliphatic carbocycles. The number of hydrogen-bond acceptors (Lipinski definition) is 5. The zero-order valence-corrected chi connectivity index (χ0v) is 8.94. The number of aliphatic hydroxyl groups is 1. The Morgan fingerprint density at radius 2 is 2.20 bits per heavy atom. The van der Waals surface area contributed by atoms with E-state index in [9.17, 15) is 5.11 Å². The molecule has 0 saturated heterocycles. The SMILES string of the molecule is CC1(C)C(O)CC1Nc1cnc(N)cn1. The van der Waals surface area contributed by atoms with E-state index in [1.54, 1.807) is 6.20 Å². The molecule has 15 heavy (non-hydrogen) atoms. The highest BCUT2D eigenvalue weighted by molar-refractivity contribution is 5.38. The summed E-state index contributed by atoms with van der Waals surface area (Å²) in [6.07, 6.45) is 3.64. The van der Waals surface area contributed by atoms with Crippen molar-refractivity contribution in [1.82, 2.24) is 9.97 Å². The Balaban J connectivity index is 2.02. The van der Waals surface area contributed by atoms with Crippen LogP contribution in [0.2, 0.25) is 0 Å². The molecule has 0 aliphatic heterocycles. The van der Waals surface area contributed by atoms with E-state index in [4.69, 9.17) is 5.73 Å². The standard InChI is InChI=1S/C10H16N4O/c1-10(2)6(3-7(10)15)14-9-5-12-8(11)4-13-9/h4-7,15H,3H2,1-2H3,(H2,11,12)(H,13,14). The molecule has 0 spiro atoms. The number of rotatable bonds is 2. The van der Waals surface area contributed by atoms with Gasteiger partial charge >= 0.3 is 0 Å². The quantitative estimate of drug-likeness (QED) is 0.664. The van der Waals surface area contributed by atoms with Gasteiger partial charge in [-0.25, -0.2) is 9.97 Å². The summed E-state index contributed by atoms with van der Waals surface area (Å²) in [5.74, 6) is 1.11. The first kappa shape index (κ1) is 10.2. The Labute approximate surface area is 88.7 Å². The Morgan fingerprint density at radius 3 is 2.67 bits per heavy atom. The molecule has 0 bridgehead atoms. The van der Waals surface area contributed by atoms with Crippen LogP contribution in [0.4, 0.5) is 11.6 Å². The summed E-state index contributed by atoms with van der Waals surface area (Å²) < 4.78 is 0. The van der Waals surface area contributed by atoms with Crippen LogP contribution in [0.1, 0.15) is 20.3 Å². The molecule has 1 aliphatic rings. The van der Waals surface area contributed by atoms with Crippen LogP contribution in [0.25, 0.3) is 0 Å². The molecule has 5 nitrogen and oxygen atoms in total. The Morgan fingerprint density at radius 1 is 1.47 bits per heavy atom. The maximum Gasteiger partial charge on any atom is 0.144 e. The van der Waals surface area contributed by atoms with E-state index in [0.29, 0.717) is 11.6 Å². The average Bonchev–Trinajstić information content (AvgIpc) is 2.21. The summed E-state index contributed by atoms with van der Waals surface area (Å²) in [4.78, 5) is 8.06. The molecule has 1 heterocycles. The molecule has 82 valence electrons. The van der Waals surface area contributed by atoms with Crippen LogP contribution in [0.15, 0.2) is 12.4 Å². The lowest BCUT2D eigenvalue weighted by Crippen LogP contribution is -2.57. The van der Waals surface area contributed by atoms with Crippen molar-refractivity contribution in [3.63, 3.8) is 0 Å². The van der Waals surface area contributed by atoms with E-state index in [1.165, 1.54) is 6.20 Å². The minimum atomic E-state index is -0.239. The van der Waals surface area contributed by atoms with Crippen molar-refractivity contribution in [3.8, 4) is 0 Å². The molecule has 2 rings (SSSR count). The van der Waals surface area contributed by atoms with Gasteiger partial charge in [-0.05, 0) is 6.42 Å². The van der Waals surface area contributed by atoms with Crippen LogP contribution < -0.4 is 11.1 Å². The molecule has 5 heteroatoms. The highest BCUT2D eigenvalue weighted by atomic mass is 16.3. The number of nitrogens with one attached hydrogen (secondary N) is 1. The smallest absolute Gasteiger partial charge is 0.144 e. The lowest BCUT2D eigenvalue weighted by molar-refractivity contribution is -0.0511. The number of nitrogen functional groups attached to an aromatic ring is 1. The van der Waals surface area contributed by atoms with Gasteiger partial charge < -0.3 is 16.2 Å². The summed E-state index contributed by atoms with van der Waals surface area (Å²) in [7, 11) is 0. The predicted octanol–water partition coefficient (Wildman–Crippen LogP) is 0.630. The summed E-state index contributed by atoms with van der Waals surface area (Å²) in [6.45, 7) is 4.06. The van der Waals surface area contributed by atoms with Gasteiger partial charge in [0.25, 0.3) is 0 Å². The van der Waals surface area contributed by atoms with E-state index in [2.05, 4.69) is 15.3 Å². The van der Waals surface area contributed by atoms with Crippen molar-refractivity contribution in [1.29, 1.82) is 0 Å². The fourth-order valence-corrected chi connectivity index (χ4v) is 1.74. The molecular formula is C10H16N4O. The molecule has 0 radical (unpaired) electrons. The Kier molecular flexibility index (Phi) is 2.26. The molecule has 2 unspecified atom stereocenters. The summed E-state index contributed by atoms with van der Waals surface area (Å²) in [5, 5.41) is 12.8. The van der Waals surface area contributed by atoms with Gasteiger partial charge in [0.2, 0.25) is 0 Å². The third-order valence-corrected chi connectivity index (χ3v) is 3.21. The number of hydrogen-bond donors (Lipinski definition) is 3. The van der Waals surface area contributed by atoms with Gasteiger partial charge in [0.1, 0.15) is 11.6 Å². The van der Waals surface area contributed by atoms with E-state index in [1.807, 2.05) is 13.8 Å². The molecule has 1 saturated carbocycles. The second-order valence-electron chi connectivity index (χ2n) is 4.60. The minimum absolute atomic E-state index is 0.108. The maximum absolute atomic E-state index is 9.57. The molecule has 4 N–H and O–H groups in total. The van der Waals surface area contributed by atoms with E-state index < -0.39 is 0 Å². The van der Waals surface area contributed by atoms with Gasteiger partial charge in [-0.2, -0.15) is 0 Å². The summed E-state index contributed by atoms with van der Waals surface area (Å²) in [5.41, 5.74) is 5.33. The highest BCUT2D eigenvalue weighted by Gasteiger charge is 2.47. The van der Waals surface area contributed by atoms with Crippen LogP contribution in [-0.4, -0.2) is 27.2 Å². The van der Waals surface area contributed by atoms with Gasteiger partial charge in [-0.15, -0.1) is 0 Å².